The molecule has 1 aliphatic heterocycles. The number of nitrogens with one attached hydrogen (secondary N) is 2. The average molecular weight is 250 g/mol. The first kappa shape index (κ1) is 13.0. The Bertz CT molecular complexity index is 375. The van der Waals surface area contributed by atoms with Gasteiger partial charge in [-0.2, -0.15) is 5.48 Å². The van der Waals surface area contributed by atoms with Gasteiger partial charge in [-0.3, -0.25) is 9.63 Å². The second-order valence-electron chi connectivity index (χ2n) is 4.47. The van der Waals surface area contributed by atoms with E-state index in [0.29, 0.717) is 19.6 Å². The van der Waals surface area contributed by atoms with Crippen molar-refractivity contribution in [3.8, 4) is 0 Å². The van der Waals surface area contributed by atoms with Gasteiger partial charge in [-0.25, -0.2) is 0 Å². The summed E-state index contributed by atoms with van der Waals surface area (Å²) in [5.41, 5.74) is 4.08. The summed E-state index contributed by atoms with van der Waals surface area (Å²) in [7, 11) is 0. The number of carboxylic acids is 1. The summed E-state index contributed by atoms with van der Waals surface area (Å²) in [6, 6.07) is 9.66. The third-order valence-corrected chi connectivity index (χ3v) is 3.04. The van der Waals surface area contributed by atoms with E-state index in [4.69, 9.17) is 9.94 Å². The van der Waals surface area contributed by atoms with E-state index in [1.54, 1.807) is 0 Å². The number of piperidine rings is 1. The molecule has 0 radical (unpaired) electrons. The number of carboxylic acid groups (broad SMARTS) is 1. The third-order valence-electron chi connectivity index (χ3n) is 3.04. The van der Waals surface area contributed by atoms with Crippen LogP contribution in [0.1, 0.15) is 18.4 Å². The zero-order chi connectivity index (χ0) is 12.8. The molecular formula is C13H18N2O3. The smallest absolute Gasteiger partial charge is 0.320 e. The van der Waals surface area contributed by atoms with Gasteiger partial charge in [-0.05, 0) is 18.4 Å². The van der Waals surface area contributed by atoms with Crippen molar-refractivity contribution in [3.05, 3.63) is 35.9 Å². The topological polar surface area (TPSA) is 70.6 Å². The van der Waals surface area contributed by atoms with Gasteiger partial charge in [0.1, 0.15) is 6.04 Å². The summed E-state index contributed by atoms with van der Waals surface area (Å²) >= 11 is 0. The van der Waals surface area contributed by atoms with E-state index in [1.165, 1.54) is 0 Å². The van der Waals surface area contributed by atoms with Crippen molar-refractivity contribution >= 4 is 5.97 Å². The first-order valence-corrected chi connectivity index (χ1v) is 6.13. The van der Waals surface area contributed by atoms with E-state index < -0.39 is 12.0 Å². The molecule has 1 fully saturated rings. The van der Waals surface area contributed by atoms with Gasteiger partial charge in [-0.15, -0.1) is 0 Å². The Morgan fingerprint density at radius 2 is 2.17 bits per heavy atom. The SMILES string of the molecule is O=C(O)[C@@H]1CCC(NOCc2ccccc2)CN1. The number of aliphatic carboxylic acids is 1. The summed E-state index contributed by atoms with van der Waals surface area (Å²) in [6.45, 7) is 1.13. The number of rotatable bonds is 5. The molecule has 1 saturated heterocycles. The molecule has 98 valence electrons. The zero-order valence-corrected chi connectivity index (χ0v) is 10.1. The van der Waals surface area contributed by atoms with E-state index >= 15 is 0 Å². The van der Waals surface area contributed by atoms with Crippen LogP contribution in [0.15, 0.2) is 30.3 Å². The molecule has 3 N–H and O–H groups in total. The van der Waals surface area contributed by atoms with Crippen LogP contribution >= 0.6 is 0 Å². The van der Waals surface area contributed by atoms with Crippen LogP contribution in [0.3, 0.4) is 0 Å². The summed E-state index contributed by atoms with van der Waals surface area (Å²) in [5.74, 6) is -0.779. The second-order valence-corrected chi connectivity index (χ2v) is 4.47. The van der Waals surface area contributed by atoms with Crippen molar-refractivity contribution in [3.63, 3.8) is 0 Å². The first-order valence-electron chi connectivity index (χ1n) is 6.13. The zero-order valence-electron chi connectivity index (χ0n) is 10.1. The highest BCUT2D eigenvalue weighted by Crippen LogP contribution is 2.09. The Morgan fingerprint density at radius 1 is 1.39 bits per heavy atom. The van der Waals surface area contributed by atoms with E-state index in [0.717, 1.165) is 12.0 Å². The Morgan fingerprint density at radius 3 is 2.78 bits per heavy atom. The first-order chi connectivity index (χ1) is 8.75. The fourth-order valence-electron chi connectivity index (χ4n) is 1.98. The molecule has 0 spiro atoms. The average Bonchev–Trinajstić information content (AvgIpc) is 2.40. The van der Waals surface area contributed by atoms with Gasteiger partial charge in [0, 0.05) is 12.6 Å². The fourth-order valence-corrected chi connectivity index (χ4v) is 1.98. The maximum absolute atomic E-state index is 10.7. The number of hydrogen-bond donors (Lipinski definition) is 3. The highest BCUT2D eigenvalue weighted by atomic mass is 16.6. The van der Waals surface area contributed by atoms with Gasteiger partial charge in [0.25, 0.3) is 0 Å². The summed E-state index contributed by atoms with van der Waals surface area (Å²) in [5, 5.41) is 11.8. The molecule has 1 aliphatic rings. The van der Waals surface area contributed by atoms with Gasteiger partial charge in [-0.1, -0.05) is 30.3 Å². The van der Waals surface area contributed by atoms with E-state index in [1.807, 2.05) is 30.3 Å². The van der Waals surface area contributed by atoms with Crippen molar-refractivity contribution in [1.29, 1.82) is 0 Å². The predicted molar refractivity (Wildman–Crippen MR) is 66.8 cm³/mol. The van der Waals surface area contributed by atoms with Crippen LogP contribution in [-0.4, -0.2) is 29.7 Å². The summed E-state index contributed by atoms with van der Waals surface area (Å²) in [4.78, 5) is 16.2. The maximum Gasteiger partial charge on any atom is 0.320 e. The van der Waals surface area contributed by atoms with Gasteiger partial charge < -0.3 is 10.4 Å². The van der Waals surface area contributed by atoms with Crippen LogP contribution in [0.5, 0.6) is 0 Å². The lowest BCUT2D eigenvalue weighted by Crippen LogP contribution is -2.50. The monoisotopic (exact) mass is 250 g/mol. The maximum atomic E-state index is 10.7. The lowest BCUT2D eigenvalue weighted by atomic mass is 10.0. The molecule has 0 amide bonds. The van der Waals surface area contributed by atoms with E-state index in [-0.39, 0.29) is 6.04 Å². The molecule has 5 heteroatoms. The molecule has 18 heavy (non-hydrogen) atoms. The minimum atomic E-state index is -0.779. The quantitative estimate of drug-likeness (QED) is 0.678. The van der Waals surface area contributed by atoms with Gasteiger partial charge in [0.15, 0.2) is 0 Å². The molecule has 1 unspecified atom stereocenters. The van der Waals surface area contributed by atoms with Crippen LogP contribution in [0, 0.1) is 0 Å². The Hall–Kier alpha value is -1.43. The lowest BCUT2D eigenvalue weighted by molar-refractivity contribution is -0.140. The molecule has 0 aliphatic carbocycles. The molecule has 1 aromatic rings. The van der Waals surface area contributed by atoms with Crippen molar-refractivity contribution < 1.29 is 14.7 Å². The summed E-state index contributed by atoms with van der Waals surface area (Å²) in [6.07, 6.45) is 1.43. The molecule has 5 nitrogen and oxygen atoms in total. The molecule has 2 atom stereocenters. The number of hydrogen-bond acceptors (Lipinski definition) is 4. The van der Waals surface area contributed by atoms with Crippen molar-refractivity contribution in [1.82, 2.24) is 10.8 Å². The molecule has 0 bridgehead atoms. The molecular weight excluding hydrogens is 232 g/mol. The minimum absolute atomic E-state index is 0.171. The van der Waals surface area contributed by atoms with E-state index in [9.17, 15) is 4.79 Å². The van der Waals surface area contributed by atoms with Crippen LogP contribution in [0.2, 0.25) is 0 Å². The van der Waals surface area contributed by atoms with Gasteiger partial charge >= 0.3 is 5.97 Å². The van der Waals surface area contributed by atoms with Crippen molar-refractivity contribution in [2.45, 2.75) is 31.5 Å². The Kier molecular flexibility index (Phi) is 4.69. The Labute approximate surface area is 106 Å². The van der Waals surface area contributed by atoms with Crippen LogP contribution in [0.4, 0.5) is 0 Å². The standard InChI is InChI=1S/C13H18N2O3/c16-13(17)12-7-6-11(8-14-12)15-18-9-10-4-2-1-3-5-10/h1-5,11-12,14-15H,6-9H2,(H,16,17)/t11?,12-/m0/s1. The van der Waals surface area contributed by atoms with E-state index in [2.05, 4.69) is 10.8 Å². The van der Waals surface area contributed by atoms with Crippen molar-refractivity contribution in [2.75, 3.05) is 6.54 Å². The molecule has 0 aromatic heterocycles. The molecule has 1 heterocycles. The normalized spacial score (nSPS) is 23.8. The summed E-state index contributed by atoms with van der Waals surface area (Å²) < 4.78 is 0. The van der Waals surface area contributed by atoms with Crippen molar-refractivity contribution in [2.24, 2.45) is 0 Å². The third kappa shape index (κ3) is 3.80. The molecule has 2 rings (SSSR count). The van der Waals surface area contributed by atoms with Crippen LogP contribution < -0.4 is 10.8 Å². The minimum Gasteiger partial charge on any atom is -0.480 e. The number of hydroxylamine groups is 1. The largest absolute Gasteiger partial charge is 0.480 e. The number of benzene rings is 1. The highest BCUT2D eigenvalue weighted by molar-refractivity contribution is 5.73. The van der Waals surface area contributed by atoms with Gasteiger partial charge in [0.2, 0.25) is 0 Å². The highest BCUT2D eigenvalue weighted by Gasteiger charge is 2.25. The number of carbonyl (C=O) groups is 1. The molecule has 0 saturated carbocycles. The molecule has 1 aromatic carbocycles. The van der Waals surface area contributed by atoms with Gasteiger partial charge in [0.05, 0.1) is 6.61 Å². The Balaban J connectivity index is 1.65. The van der Waals surface area contributed by atoms with Crippen LogP contribution in [0.25, 0.3) is 0 Å². The van der Waals surface area contributed by atoms with Crippen LogP contribution in [-0.2, 0) is 16.2 Å². The second kappa shape index (κ2) is 6.49. The fraction of sp³-hybridized carbons (Fsp3) is 0.462. The lowest BCUT2D eigenvalue weighted by Gasteiger charge is -2.27. The predicted octanol–water partition coefficient (Wildman–Crippen LogP) is 0.913.